The van der Waals surface area contributed by atoms with E-state index in [2.05, 4.69) is 25.9 Å². The molecule has 0 saturated heterocycles. The van der Waals surface area contributed by atoms with E-state index in [1.807, 2.05) is 20.8 Å². The number of nitrogens with two attached hydrogens (primary N) is 1. The maximum absolute atomic E-state index is 5.76. The Balaban J connectivity index is 0.000000461. The Morgan fingerprint density at radius 2 is 2.07 bits per heavy atom. The fourth-order valence-electron chi connectivity index (χ4n) is 1.07. The van der Waals surface area contributed by atoms with Crippen LogP contribution in [-0.2, 0) is 0 Å². The predicted molar refractivity (Wildman–Crippen MR) is 61.2 cm³/mol. The maximum atomic E-state index is 5.76. The molecule has 0 spiro atoms. The molecule has 0 aromatic carbocycles. The highest BCUT2D eigenvalue weighted by molar-refractivity contribution is 9.10. The summed E-state index contributed by atoms with van der Waals surface area (Å²) in [5, 5.41) is 0. The van der Waals surface area contributed by atoms with Crippen LogP contribution in [0.25, 0.3) is 5.65 Å². The Hall–Kier alpha value is -1.10. The Kier molecular flexibility index (Phi) is 3.46. The first-order valence-corrected chi connectivity index (χ1v) is 5.23. The molecule has 0 aliphatic carbocycles. The zero-order valence-corrected chi connectivity index (χ0v) is 10.0. The van der Waals surface area contributed by atoms with Crippen LogP contribution in [0.2, 0.25) is 0 Å². The molecule has 2 N–H and O–H groups in total. The van der Waals surface area contributed by atoms with Crippen LogP contribution in [0.3, 0.4) is 0 Å². The monoisotopic (exact) mass is 256 g/mol. The fraction of sp³-hybridized carbons (Fsp3) is 0.333. The molecule has 5 heteroatoms. The molecule has 2 aromatic rings. The minimum Gasteiger partial charge on any atom is -0.383 e. The molecule has 0 bridgehead atoms. The zero-order chi connectivity index (χ0) is 10.7. The minimum absolute atomic E-state index is 0.660. The summed E-state index contributed by atoms with van der Waals surface area (Å²) in [5.74, 6) is 0.660. The fourth-order valence-corrected chi connectivity index (χ4v) is 1.37. The van der Waals surface area contributed by atoms with Crippen LogP contribution in [0.15, 0.2) is 17.0 Å². The number of hydrogen-bond acceptors (Lipinski definition) is 3. The van der Waals surface area contributed by atoms with Gasteiger partial charge in [0, 0.05) is 6.20 Å². The number of aryl methyl sites for hydroxylation is 1. The first-order valence-electron chi connectivity index (χ1n) is 4.44. The number of rotatable bonds is 0. The van der Waals surface area contributed by atoms with Gasteiger partial charge in [0.25, 0.3) is 0 Å². The molecule has 0 aliphatic rings. The van der Waals surface area contributed by atoms with Gasteiger partial charge in [-0.1, -0.05) is 13.8 Å². The lowest BCUT2D eigenvalue weighted by atomic mass is 10.5. The lowest BCUT2D eigenvalue weighted by molar-refractivity contribution is 1.11. The quantitative estimate of drug-likeness (QED) is 0.788. The number of aromatic nitrogens is 3. The molecule has 2 rings (SSSR count). The van der Waals surface area contributed by atoms with E-state index in [1.165, 1.54) is 0 Å². The van der Waals surface area contributed by atoms with Gasteiger partial charge in [-0.25, -0.2) is 9.97 Å². The molecule has 0 aliphatic heterocycles. The highest BCUT2D eigenvalue weighted by Crippen LogP contribution is 2.15. The van der Waals surface area contributed by atoms with Crippen molar-refractivity contribution in [2.75, 3.05) is 5.73 Å². The third-order valence-electron chi connectivity index (χ3n) is 1.70. The molecular formula is C9H13BrN4. The van der Waals surface area contributed by atoms with Gasteiger partial charge in [0.2, 0.25) is 0 Å². The van der Waals surface area contributed by atoms with Gasteiger partial charge in [0.1, 0.15) is 10.4 Å². The van der Waals surface area contributed by atoms with Crippen molar-refractivity contribution in [3.8, 4) is 0 Å². The van der Waals surface area contributed by atoms with Crippen molar-refractivity contribution < 1.29 is 0 Å². The number of nitrogens with zero attached hydrogens (tertiary/aromatic N) is 3. The van der Waals surface area contributed by atoms with Crippen LogP contribution in [-0.4, -0.2) is 14.4 Å². The van der Waals surface area contributed by atoms with Crippen molar-refractivity contribution in [1.82, 2.24) is 14.4 Å². The molecule has 14 heavy (non-hydrogen) atoms. The summed E-state index contributed by atoms with van der Waals surface area (Å²) < 4.78 is 2.55. The van der Waals surface area contributed by atoms with Crippen molar-refractivity contribution in [2.45, 2.75) is 20.8 Å². The molecule has 0 atom stereocenters. The van der Waals surface area contributed by atoms with Crippen LogP contribution in [0.1, 0.15) is 19.5 Å². The van der Waals surface area contributed by atoms with Crippen molar-refractivity contribution in [1.29, 1.82) is 0 Å². The second-order valence-electron chi connectivity index (χ2n) is 2.52. The second kappa shape index (κ2) is 4.41. The number of anilines is 1. The Bertz CT molecular complexity index is 436. The molecule has 0 radical (unpaired) electrons. The second-order valence-corrected chi connectivity index (χ2v) is 3.33. The first kappa shape index (κ1) is 11.0. The lowest BCUT2D eigenvalue weighted by Gasteiger charge is -1.95. The van der Waals surface area contributed by atoms with E-state index in [0.29, 0.717) is 5.82 Å². The number of halogens is 1. The number of imidazole rings is 1. The Morgan fingerprint density at radius 1 is 1.43 bits per heavy atom. The maximum Gasteiger partial charge on any atom is 0.157 e. The predicted octanol–water partition coefficient (Wildman–Crippen LogP) is 2.41. The van der Waals surface area contributed by atoms with E-state index in [4.69, 9.17) is 5.73 Å². The molecule has 0 saturated carbocycles. The van der Waals surface area contributed by atoms with Crippen LogP contribution in [0.5, 0.6) is 0 Å². The van der Waals surface area contributed by atoms with Crippen molar-refractivity contribution >= 4 is 27.4 Å². The summed E-state index contributed by atoms with van der Waals surface area (Å²) in [6, 6.07) is 0. The molecule has 0 amide bonds. The Morgan fingerprint density at radius 3 is 2.71 bits per heavy atom. The lowest BCUT2D eigenvalue weighted by Crippen LogP contribution is -1.94. The van der Waals surface area contributed by atoms with Crippen molar-refractivity contribution in [2.24, 2.45) is 0 Å². The summed E-state index contributed by atoms with van der Waals surface area (Å²) >= 11 is 3.26. The van der Waals surface area contributed by atoms with Gasteiger partial charge in [-0.2, -0.15) is 0 Å². The average Bonchev–Trinajstić information content (AvgIpc) is 2.48. The van der Waals surface area contributed by atoms with Gasteiger partial charge < -0.3 is 5.73 Å². The normalized spacial score (nSPS) is 9.71. The van der Waals surface area contributed by atoms with Gasteiger partial charge >= 0.3 is 0 Å². The summed E-state index contributed by atoms with van der Waals surface area (Å²) in [6.45, 7) is 5.87. The van der Waals surface area contributed by atoms with Gasteiger partial charge in [-0.05, 0) is 22.9 Å². The third-order valence-corrected chi connectivity index (χ3v) is 2.11. The molecule has 0 fully saturated rings. The highest BCUT2D eigenvalue weighted by Gasteiger charge is 2.04. The van der Waals surface area contributed by atoms with E-state index < -0.39 is 0 Å². The number of hydrogen-bond donors (Lipinski definition) is 1. The third kappa shape index (κ3) is 1.87. The molecule has 2 heterocycles. The van der Waals surface area contributed by atoms with Gasteiger partial charge in [0.15, 0.2) is 5.65 Å². The van der Waals surface area contributed by atoms with E-state index in [9.17, 15) is 0 Å². The van der Waals surface area contributed by atoms with Gasteiger partial charge in [0.05, 0.1) is 11.9 Å². The summed E-state index contributed by atoms with van der Waals surface area (Å²) in [5.41, 5.74) is 7.36. The topological polar surface area (TPSA) is 56.2 Å². The van der Waals surface area contributed by atoms with E-state index in [1.54, 1.807) is 16.8 Å². The standard InChI is InChI=1S/C7H7BrN4.C2H6/c1-4-7(9)12-3-5(8)10-2-6(12)11-4;1-2/h2-3H,9H2,1H3;1-2H3. The smallest absolute Gasteiger partial charge is 0.157 e. The van der Waals surface area contributed by atoms with Crippen molar-refractivity contribution in [3.63, 3.8) is 0 Å². The Labute approximate surface area is 91.3 Å². The van der Waals surface area contributed by atoms with Crippen LogP contribution >= 0.6 is 15.9 Å². The van der Waals surface area contributed by atoms with Gasteiger partial charge in [-0.15, -0.1) is 0 Å². The van der Waals surface area contributed by atoms with Crippen LogP contribution in [0.4, 0.5) is 5.82 Å². The van der Waals surface area contributed by atoms with Crippen molar-refractivity contribution in [3.05, 3.63) is 22.7 Å². The number of fused-ring (bicyclic) bond motifs is 1. The SMILES string of the molecule is CC.Cc1nc2cnc(Br)cn2c1N. The van der Waals surface area contributed by atoms with E-state index in [0.717, 1.165) is 15.9 Å². The molecule has 0 unspecified atom stereocenters. The van der Waals surface area contributed by atoms with E-state index >= 15 is 0 Å². The first-order chi connectivity index (χ1) is 6.68. The average molecular weight is 257 g/mol. The largest absolute Gasteiger partial charge is 0.383 e. The zero-order valence-electron chi connectivity index (χ0n) is 8.45. The summed E-state index contributed by atoms with van der Waals surface area (Å²) in [6.07, 6.45) is 3.47. The molecular weight excluding hydrogens is 244 g/mol. The van der Waals surface area contributed by atoms with E-state index in [-0.39, 0.29) is 0 Å². The molecule has 2 aromatic heterocycles. The summed E-state index contributed by atoms with van der Waals surface area (Å²) in [4.78, 5) is 8.25. The highest BCUT2D eigenvalue weighted by atomic mass is 79.9. The minimum atomic E-state index is 0.660. The molecule has 76 valence electrons. The summed E-state index contributed by atoms with van der Waals surface area (Å²) in [7, 11) is 0. The van der Waals surface area contributed by atoms with Crippen LogP contribution < -0.4 is 5.73 Å². The number of nitrogen functional groups attached to an aromatic ring is 1. The van der Waals surface area contributed by atoms with Gasteiger partial charge in [-0.3, -0.25) is 4.40 Å². The van der Waals surface area contributed by atoms with Crippen LogP contribution in [0, 0.1) is 6.92 Å². The molecule has 4 nitrogen and oxygen atoms in total.